The van der Waals surface area contributed by atoms with Gasteiger partial charge in [0, 0.05) is 18.5 Å². The first-order valence-corrected chi connectivity index (χ1v) is 18.9. The summed E-state index contributed by atoms with van der Waals surface area (Å²) >= 11 is 0. The molecule has 2 saturated heterocycles. The lowest BCUT2D eigenvalue weighted by Gasteiger charge is -2.21. The van der Waals surface area contributed by atoms with Crippen molar-refractivity contribution in [1.82, 2.24) is 19.1 Å². The highest BCUT2D eigenvalue weighted by molar-refractivity contribution is 7.69. The van der Waals surface area contributed by atoms with Crippen LogP contribution in [0.5, 0.6) is 0 Å². The van der Waals surface area contributed by atoms with Crippen molar-refractivity contribution >= 4 is 37.1 Å². The topological polar surface area (TPSA) is 410 Å². The van der Waals surface area contributed by atoms with Gasteiger partial charge in [0.2, 0.25) is 0 Å². The van der Waals surface area contributed by atoms with Crippen LogP contribution in [0.1, 0.15) is 12.5 Å². The van der Waals surface area contributed by atoms with E-state index in [1.807, 2.05) is 4.98 Å². The fraction of sp³-hybridized carbons (Fsp3) is 0.556. The number of nitrogens with one attached hydrogen (secondary N) is 1. The van der Waals surface area contributed by atoms with E-state index in [4.69, 9.17) is 15.2 Å². The summed E-state index contributed by atoms with van der Waals surface area (Å²) in [5, 5.41) is 40.8. The predicted octanol–water partition coefficient (Wildman–Crippen LogP) is -3.90. The smallest absolute Gasteiger partial charge is 0.387 e. The largest absolute Gasteiger partial charge is 0.490 e. The Morgan fingerprint density at radius 1 is 0.714 bits per heavy atom. The zero-order valence-corrected chi connectivity index (χ0v) is 27.4. The van der Waals surface area contributed by atoms with E-state index >= 15 is 0 Å². The van der Waals surface area contributed by atoms with Crippen molar-refractivity contribution in [2.75, 3.05) is 18.9 Å². The number of ether oxygens (including phenoxy) is 2. The van der Waals surface area contributed by atoms with Gasteiger partial charge in [0.25, 0.3) is 5.56 Å². The number of nitrogen functional groups attached to an aromatic ring is 1. The highest BCUT2D eigenvalue weighted by atomic mass is 31.3. The van der Waals surface area contributed by atoms with Gasteiger partial charge in [-0.2, -0.15) is 17.9 Å². The Labute approximate surface area is 270 Å². The number of aromatic amines is 1. The summed E-state index contributed by atoms with van der Waals surface area (Å²) in [7, 11) is -24.1. The lowest BCUT2D eigenvalue weighted by molar-refractivity contribution is -0.0543. The molecular formula is C18H27N5O22P4. The number of phosphoric acid groups is 4. The zero-order valence-electron chi connectivity index (χ0n) is 23.8. The number of hydrogen-bond donors (Lipinski definition) is 10. The van der Waals surface area contributed by atoms with Gasteiger partial charge in [0.05, 0.1) is 13.2 Å². The van der Waals surface area contributed by atoms with E-state index in [0.717, 1.165) is 24.5 Å². The molecule has 4 heterocycles. The molecule has 0 radical (unpaired) electrons. The van der Waals surface area contributed by atoms with E-state index < -0.39 is 111 Å². The Morgan fingerprint density at radius 3 is 1.59 bits per heavy atom. The molecule has 0 aromatic carbocycles. The standard InChI is InChI=1S/C18H27N5O22P4/c19-9-1-3-22(17(29)20-9)15-13(27)11(25)7(41-15)5-39-46(31,32)43-48(35,36)45-49(37,38)44-47(33,34)40-6-8-12(26)14(28)16(42-8)23-4-2-10(24)21-18(23)30/h1-4,7-8,11-16,25-28H,5-6H2,(H,31,32)(H,33,34)(H,35,36)(H,37,38)(H2,19,20,29)(H,21,24,30)/t7-,8-,11-,12-,13+,14-,15-,16-/m1/s1. The number of hydrogen-bond acceptors (Lipinski definition) is 20. The monoisotopic (exact) mass is 789 g/mol. The molecule has 4 unspecified atom stereocenters. The normalized spacial score (nSPS) is 32.2. The molecule has 2 aliphatic heterocycles. The SMILES string of the molecule is Nc1ccn([C@@H]2O[C@H](COP(=O)(O)OP(=O)(O)OP(=O)(O)OP(=O)(O)OC[C@H]3O[C@@H](n4ccc(=O)[nH]c4=O)[C@H](O)[C@@H]3O)[C@@H](O)[C@@H]2O)c(=O)n1. The van der Waals surface area contributed by atoms with E-state index in [1.165, 1.54) is 0 Å². The number of H-pyrrole nitrogens is 1. The third-order valence-corrected chi connectivity index (χ3v) is 12.3. The van der Waals surface area contributed by atoms with Crippen molar-refractivity contribution in [3.8, 4) is 0 Å². The molecule has 0 aliphatic carbocycles. The van der Waals surface area contributed by atoms with E-state index in [-0.39, 0.29) is 5.82 Å². The maximum atomic E-state index is 12.2. The van der Waals surface area contributed by atoms with Gasteiger partial charge in [-0.05, 0) is 6.07 Å². The summed E-state index contributed by atoms with van der Waals surface area (Å²) in [6.45, 7) is -2.39. The highest BCUT2D eigenvalue weighted by Gasteiger charge is 2.50. The van der Waals surface area contributed by atoms with Crippen LogP contribution in [0.15, 0.2) is 38.9 Å². The van der Waals surface area contributed by atoms with Crippen LogP contribution in [0.2, 0.25) is 0 Å². The maximum absolute atomic E-state index is 12.2. The molecule has 4 rings (SSSR count). The van der Waals surface area contributed by atoms with Crippen LogP contribution in [0, 0.1) is 0 Å². The minimum absolute atomic E-state index is 0.187. The molecule has 11 N–H and O–H groups in total. The zero-order chi connectivity index (χ0) is 36.7. The molecule has 27 nitrogen and oxygen atoms in total. The number of rotatable bonds is 14. The van der Waals surface area contributed by atoms with Crippen molar-refractivity contribution in [3.05, 3.63) is 55.8 Å². The molecule has 0 saturated carbocycles. The Hall–Kier alpha value is -2.32. The minimum atomic E-state index is -6.23. The van der Waals surface area contributed by atoms with E-state index in [9.17, 15) is 72.6 Å². The Balaban J connectivity index is 1.30. The van der Waals surface area contributed by atoms with Crippen molar-refractivity contribution in [2.24, 2.45) is 0 Å². The van der Waals surface area contributed by atoms with Gasteiger partial charge in [0.1, 0.15) is 42.4 Å². The molecule has 31 heteroatoms. The number of anilines is 1. The van der Waals surface area contributed by atoms with Crippen LogP contribution >= 0.6 is 31.3 Å². The van der Waals surface area contributed by atoms with Crippen LogP contribution in [0.25, 0.3) is 0 Å². The summed E-state index contributed by atoms with van der Waals surface area (Å²) < 4.78 is 80.7. The molecule has 0 spiro atoms. The summed E-state index contributed by atoms with van der Waals surface area (Å²) in [5.41, 5.74) is 2.47. The molecule has 2 aromatic rings. The summed E-state index contributed by atoms with van der Waals surface area (Å²) in [4.78, 5) is 79.5. The molecule has 2 aliphatic rings. The average molecular weight is 789 g/mol. The summed E-state index contributed by atoms with van der Waals surface area (Å²) in [5.74, 6) is -0.187. The summed E-state index contributed by atoms with van der Waals surface area (Å²) in [6.07, 6.45) is -12.3. The number of phosphoric ester groups is 2. The molecular weight excluding hydrogens is 762 g/mol. The van der Waals surface area contributed by atoms with Gasteiger partial charge in [-0.3, -0.25) is 28.0 Å². The highest BCUT2D eigenvalue weighted by Crippen LogP contribution is 2.71. The first-order chi connectivity index (χ1) is 22.5. The third kappa shape index (κ3) is 9.93. The van der Waals surface area contributed by atoms with Crippen LogP contribution < -0.4 is 22.7 Å². The quantitative estimate of drug-likeness (QED) is 0.0818. The van der Waals surface area contributed by atoms with Gasteiger partial charge in [0.15, 0.2) is 12.5 Å². The molecule has 49 heavy (non-hydrogen) atoms. The van der Waals surface area contributed by atoms with E-state index in [0.29, 0.717) is 9.13 Å². The first kappa shape index (κ1) is 39.5. The number of nitrogens with zero attached hydrogens (tertiary/aromatic N) is 3. The van der Waals surface area contributed by atoms with Gasteiger partial charge in [-0.15, -0.1) is 0 Å². The first-order valence-electron chi connectivity index (χ1n) is 12.9. The van der Waals surface area contributed by atoms with Gasteiger partial charge >= 0.3 is 42.7 Å². The van der Waals surface area contributed by atoms with E-state index in [2.05, 4.69) is 27.0 Å². The van der Waals surface area contributed by atoms with Crippen LogP contribution in [-0.4, -0.2) is 109 Å². The average Bonchev–Trinajstić information content (AvgIpc) is 3.38. The molecule has 2 fully saturated rings. The Kier molecular flexibility index (Phi) is 11.9. The van der Waals surface area contributed by atoms with Crippen molar-refractivity contribution in [1.29, 1.82) is 0 Å². The number of aliphatic hydroxyl groups excluding tert-OH is 4. The van der Waals surface area contributed by atoms with E-state index in [1.54, 1.807) is 0 Å². The molecule has 0 bridgehead atoms. The Morgan fingerprint density at radius 2 is 1.14 bits per heavy atom. The second-order valence-electron chi connectivity index (χ2n) is 9.86. The van der Waals surface area contributed by atoms with Crippen LogP contribution in [0.3, 0.4) is 0 Å². The minimum Gasteiger partial charge on any atom is -0.387 e. The predicted molar refractivity (Wildman–Crippen MR) is 151 cm³/mol. The van der Waals surface area contributed by atoms with Crippen molar-refractivity contribution in [3.63, 3.8) is 0 Å². The van der Waals surface area contributed by atoms with Crippen molar-refractivity contribution < 1.29 is 89.7 Å². The molecule has 0 amide bonds. The number of aromatic nitrogens is 4. The Bertz CT molecular complexity index is 1900. The fourth-order valence-corrected chi connectivity index (χ4v) is 9.20. The number of aliphatic hydroxyl groups is 4. The van der Waals surface area contributed by atoms with Gasteiger partial charge < -0.3 is 55.2 Å². The third-order valence-electron chi connectivity index (χ3n) is 6.35. The second kappa shape index (κ2) is 14.7. The fourth-order valence-electron chi connectivity index (χ4n) is 4.24. The molecule has 276 valence electrons. The van der Waals surface area contributed by atoms with Gasteiger partial charge in [-0.25, -0.2) is 27.8 Å². The summed E-state index contributed by atoms with van der Waals surface area (Å²) in [6, 6.07) is 2.01. The van der Waals surface area contributed by atoms with Crippen LogP contribution in [0.4, 0.5) is 5.82 Å². The molecule has 2 aromatic heterocycles. The lowest BCUT2D eigenvalue weighted by Crippen LogP contribution is -2.37. The maximum Gasteiger partial charge on any atom is 0.490 e. The lowest BCUT2D eigenvalue weighted by atomic mass is 10.1. The molecule has 12 atom stereocenters. The second-order valence-corrected chi connectivity index (χ2v) is 16.1. The van der Waals surface area contributed by atoms with Crippen molar-refractivity contribution in [2.45, 2.75) is 49.1 Å². The number of nitrogens with two attached hydrogens (primary N) is 1. The van der Waals surface area contributed by atoms with Crippen LogP contribution in [-0.2, 0) is 49.7 Å². The van der Waals surface area contributed by atoms with Gasteiger partial charge in [-0.1, -0.05) is 0 Å².